The second-order valence-corrected chi connectivity index (χ2v) is 8.37. The molecule has 0 unspecified atom stereocenters. The maximum atomic E-state index is 12.3. The number of oxazole rings is 1. The van der Waals surface area contributed by atoms with Crippen molar-refractivity contribution >= 4 is 28.8 Å². The molecule has 0 radical (unpaired) electrons. The van der Waals surface area contributed by atoms with Gasteiger partial charge in [0.15, 0.2) is 5.58 Å². The summed E-state index contributed by atoms with van der Waals surface area (Å²) >= 11 is 2.06. The molecule has 1 N–H and O–H groups in total. The number of amides is 1. The highest BCUT2D eigenvalue weighted by molar-refractivity contribution is 7.99. The Hall–Kier alpha value is -1.73. The van der Waals surface area contributed by atoms with E-state index in [9.17, 15) is 9.59 Å². The Balaban J connectivity index is 1.27. The third-order valence-corrected chi connectivity index (χ3v) is 6.68. The van der Waals surface area contributed by atoms with Crippen LogP contribution in [0, 0.1) is 5.92 Å². The molecule has 1 atom stereocenters. The summed E-state index contributed by atoms with van der Waals surface area (Å²) in [5.74, 6) is 2.48. The van der Waals surface area contributed by atoms with Gasteiger partial charge in [-0.2, -0.15) is 11.8 Å². The predicted molar refractivity (Wildman–Crippen MR) is 104 cm³/mol. The van der Waals surface area contributed by atoms with E-state index in [1.54, 1.807) is 12.1 Å². The van der Waals surface area contributed by atoms with Crippen molar-refractivity contribution in [2.24, 2.45) is 5.92 Å². The first-order valence-corrected chi connectivity index (χ1v) is 10.5. The Morgan fingerprint density at radius 2 is 2.04 bits per heavy atom. The lowest BCUT2D eigenvalue weighted by Crippen LogP contribution is -2.44. The molecular formula is C19H25N3O3S. The SMILES string of the molecule is O=C(Cn1c(=O)oc2ccccc21)NCC1CCN([C@H]2CCSC2)CC1. The first-order chi connectivity index (χ1) is 12.7. The van der Waals surface area contributed by atoms with Gasteiger partial charge in [0, 0.05) is 18.3 Å². The molecule has 1 aromatic carbocycles. The van der Waals surface area contributed by atoms with Crippen LogP contribution in [-0.2, 0) is 11.3 Å². The summed E-state index contributed by atoms with van der Waals surface area (Å²) in [4.78, 5) is 26.9. The van der Waals surface area contributed by atoms with Crippen LogP contribution < -0.4 is 11.1 Å². The summed E-state index contributed by atoms with van der Waals surface area (Å²) in [6.45, 7) is 2.97. The van der Waals surface area contributed by atoms with Crippen LogP contribution in [-0.4, -0.2) is 52.6 Å². The average Bonchev–Trinajstić information content (AvgIpc) is 3.29. The number of benzene rings is 1. The van der Waals surface area contributed by atoms with Crippen molar-refractivity contribution < 1.29 is 9.21 Å². The molecule has 4 rings (SSSR count). The van der Waals surface area contributed by atoms with Crippen LogP contribution in [0.15, 0.2) is 33.5 Å². The van der Waals surface area contributed by atoms with Crippen molar-refractivity contribution in [3.05, 3.63) is 34.8 Å². The van der Waals surface area contributed by atoms with E-state index >= 15 is 0 Å². The smallest absolute Gasteiger partial charge is 0.408 e. The number of hydrogen-bond acceptors (Lipinski definition) is 5. The highest BCUT2D eigenvalue weighted by atomic mass is 32.2. The lowest BCUT2D eigenvalue weighted by molar-refractivity contribution is -0.122. The monoisotopic (exact) mass is 375 g/mol. The molecule has 0 bridgehead atoms. The fourth-order valence-electron chi connectivity index (χ4n) is 3.95. The van der Waals surface area contributed by atoms with E-state index < -0.39 is 5.76 Å². The molecule has 1 aromatic heterocycles. The Bertz CT molecular complexity index is 817. The predicted octanol–water partition coefficient (Wildman–Crippen LogP) is 1.93. The molecule has 2 aromatic rings. The number of fused-ring (bicyclic) bond motifs is 1. The van der Waals surface area contributed by atoms with Crippen LogP contribution in [0.5, 0.6) is 0 Å². The minimum Gasteiger partial charge on any atom is -0.408 e. The molecule has 1 amide bonds. The minimum atomic E-state index is -0.482. The number of aromatic nitrogens is 1. The number of piperidine rings is 1. The molecule has 0 aliphatic carbocycles. The lowest BCUT2D eigenvalue weighted by Gasteiger charge is -2.35. The summed E-state index contributed by atoms with van der Waals surface area (Å²) in [5, 5.41) is 3.00. The van der Waals surface area contributed by atoms with Crippen LogP contribution in [0.1, 0.15) is 19.3 Å². The number of nitrogens with zero attached hydrogens (tertiary/aromatic N) is 2. The van der Waals surface area contributed by atoms with E-state index in [-0.39, 0.29) is 12.5 Å². The molecule has 0 saturated carbocycles. The number of para-hydroxylation sites is 2. The summed E-state index contributed by atoms with van der Waals surface area (Å²) in [6.07, 6.45) is 3.59. The Labute approximate surface area is 156 Å². The Morgan fingerprint density at radius 1 is 1.23 bits per heavy atom. The molecule has 26 heavy (non-hydrogen) atoms. The second-order valence-electron chi connectivity index (χ2n) is 7.22. The molecule has 2 aliphatic rings. The fraction of sp³-hybridized carbons (Fsp3) is 0.579. The molecule has 140 valence electrons. The number of likely N-dealkylation sites (tertiary alicyclic amines) is 1. The van der Waals surface area contributed by atoms with Gasteiger partial charge in [0.2, 0.25) is 5.91 Å². The highest BCUT2D eigenvalue weighted by Crippen LogP contribution is 2.26. The van der Waals surface area contributed by atoms with Gasteiger partial charge in [-0.3, -0.25) is 14.3 Å². The van der Waals surface area contributed by atoms with Crippen LogP contribution in [0.3, 0.4) is 0 Å². The quantitative estimate of drug-likeness (QED) is 0.865. The lowest BCUT2D eigenvalue weighted by atomic mass is 9.95. The number of hydrogen-bond donors (Lipinski definition) is 1. The minimum absolute atomic E-state index is 0.00793. The standard InChI is InChI=1S/C19H25N3O3S/c23-18(12-22-16-3-1-2-4-17(16)25-19(22)24)20-11-14-5-8-21(9-6-14)15-7-10-26-13-15/h1-4,14-15H,5-13H2,(H,20,23)/t15-/m0/s1. The Kier molecular flexibility index (Phi) is 5.36. The number of rotatable bonds is 5. The van der Waals surface area contributed by atoms with Gasteiger partial charge in [0.05, 0.1) is 5.52 Å². The summed E-state index contributed by atoms with van der Waals surface area (Å²) in [6, 6.07) is 7.94. The summed E-state index contributed by atoms with van der Waals surface area (Å²) in [5.41, 5.74) is 1.18. The first kappa shape index (κ1) is 17.7. The maximum absolute atomic E-state index is 12.3. The number of carbonyl (C=O) groups is 1. The molecule has 3 heterocycles. The van der Waals surface area contributed by atoms with E-state index in [2.05, 4.69) is 22.0 Å². The van der Waals surface area contributed by atoms with Gasteiger partial charge in [0.25, 0.3) is 0 Å². The van der Waals surface area contributed by atoms with Gasteiger partial charge < -0.3 is 9.73 Å². The van der Waals surface area contributed by atoms with Gasteiger partial charge >= 0.3 is 5.76 Å². The largest absolute Gasteiger partial charge is 0.420 e. The molecule has 2 fully saturated rings. The normalized spacial score (nSPS) is 22.1. The topological polar surface area (TPSA) is 67.5 Å². The molecule has 2 aliphatic heterocycles. The van der Waals surface area contributed by atoms with Crippen LogP contribution >= 0.6 is 11.8 Å². The average molecular weight is 375 g/mol. The summed E-state index contributed by atoms with van der Waals surface area (Å²) in [7, 11) is 0. The second kappa shape index (κ2) is 7.88. The third-order valence-electron chi connectivity index (χ3n) is 5.53. The van der Waals surface area contributed by atoms with E-state index in [0.717, 1.165) is 32.0 Å². The van der Waals surface area contributed by atoms with Crippen molar-refractivity contribution in [1.29, 1.82) is 0 Å². The number of thioether (sulfide) groups is 1. The molecule has 0 spiro atoms. The van der Waals surface area contributed by atoms with Gasteiger partial charge in [-0.1, -0.05) is 12.1 Å². The van der Waals surface area contributed by atoms with Crippen molar-refractivity contribution in [3.8, 4) is 0 Å². The maximum Gasteiger partial charge on any atom is 0.420 e. The van der Waals surface area contributed by atoms with E-state index in [1.807, 2.05) is 12.1 Å². The van der Waals surface area contributed by atoms with E-state index in [1.165, 1.54) is 22.5 Å². The van der Waals surface area contributed by atoms with E-state index in [0.29, 0.717) is 23.6 Å². The van der Waals surface area contributed by atoms with Crippen molar-refractivity contribution in [2.45, 2.75) is 31.8 Å². The van der Waals surface area contributed by atoms with Gasteiger partial charge in [-0.15, -0.1) is 0 Å². The molecule has 6 nitrogen and oxygen atoms in total. The first-order valence-electron chi connectivity index (χ1n) is 9.37. The Morgan fingerprint density at radius 3 is 2.81 bits per heavy atom. The molecule has 2 saturated heterocycles. The van der Waals surface area contributed by atoms with Crippen molar-refractivity contribution in [3.63, 3.8) is 0 Å². The van der Waals surface area contributed by atoms with Crippen molar-refractivity contribution in [2.75, 3.05) is 31.1 Å². The zero-order valence-corrected chi connectivity index (χ0v) is 15.7. The molecule has 7 heteroatoms. The van der Waals surface area contributed by atoms with Crippen molar-refractivity contribution in [1.82, 2.24) is 14.8 Å². The fourth-order valence-corrected chi connectivity index (χ4v) is 5.21. The number of carbonyl (C=O) groups excluding carboxylic acids is 1. The van der Waals surface area contributed by atoms with E-state index in [4.69, 9.17) is 4.42 Å². The van der Waals surface area contributed by atoms with Crippen LogP contribution in [0.4, 0.5) is 0 Å². The zero-order valence-electron chi connectivity index (χ0n) is 14.9. The van der Waals surface area contributed by atoms with Gasteiger partial charge in [-0.25, -0.2) is 4.79 Å². The van der Waals surface area contributed by atoms with Gasteiger partial charge in [0.1, 0.15) is 6.54 Å². The zero-order chi connectivity index (χ0) is 17.9. The van der Waals surface area contributed by atoms with Crippen LogP contribution in [0.2, 0.25) is 0 Å². The van der Waals surface area contributed by atoms with Gasteiger partial charge in [-0.05, 0) is 56.2 Å². The summed E-state index contributed by atoms with van der Waals surface area (Å²) < 4.78 is 6.57. The highest BCUT2D eigenvalue weighted by Gasteiger charge is 2.27. The third kappa shape index (κ3) is 3.83. The molecular weight excluding hydrogens is 350 g/mol. The number of nitrogens with one attached hydrogen (secondary N) is 1. The van der Waals surface area contributed by atoms with Crippen LogP contribution in [0.25, 0.3) is 11.1 Å².